The van der Waals surface area contributed by atoms with Crippen LogP contribution in [0.1, 0.15) is 18.9 Å². The molecule has 1 aromatic heterocycles. The van der Waals surface area contributed by atoms with Crippen LogP contribution >= 0.6 is 0 Å². The third-order valence-corrected chi connectivity index (χ3v) is 5.00. The molecule has 0 radical (unpaired) electrons. The first kappa shape index (κ1) is 22.6. The third-order valence-electron chi connectivity index (χ3n) is 5.00. The Morgan fingerprint density at radius 1 is 1.06 bits per heavy atom. The molecule has 2 amide bonds. The van der Waals surface area contributed by atoms with Gasteiger partial charge in [-0.3, -0.25) is 14.5 Å². The monoisotopic (exact) mass is 435 g/mol. The SMILES string of the molecule is CCn1cc(C)c(O)c(N(C(=O)NCCC(=O)O)c2cccc(-c3ccccc3)c2)c1=O. The Kier molecular flexibility index (Phi) is 6.94. The van der Waals surface area contributed by atoms with E-state index in [1.807, 2.05) is 36.4 Å². The van der Waals surface area contributed by atoms with Crippen LogP contribution in [0, 0.1) is 6.92 Å². The van der Waals surface area contributed by atoms with Crippen molar-refractivity contribution in [3.05, 3.63) is 76.7 Å². The van der Waals surface area contributed by atoms with Crippen molar-refractivity contribution in [1.82, 2.24) is 9.88 Å². The lowest BCUT2D eigenvalue weighted by molar-refractivity contribution is -0.136. The predicted octanol–water partition coefficient (Wildman–Crippen LogP) is 3.87. The summed E-state index contributed by atoms with van der Waals surface area (Å²) in [6, 6.07) is 15.8. The number of benzene rings is 2. The fourth-order valence-corrected chi connectivity index (χ4v) is 3.37. The van der Waals surface area contributed by atoms with Crippen LogP contribution < -0.4 is 15.8 Å². The van der Waals surface area contributed by atoms with Crippen molar-refractivity contribution in [3.8, 4) is 16.9 Å². The zero-order valence-corrected chi connectivity index (χ0v) is 17.9. The van der Waals surface area contributed by atoms with E-state index in [9.17, 15) is 19.5 Å². The molecule has 0 atom stereocenters. The lowest BCUT2D eigenvalue weighted by Crippen LogP contribution is -2.41. The molecule has 8 nitrogen and oxygen atoms in total. The molecule has 0 fully saturated rings. The van der Waals surface area contributed by atoms with Crippen LogP contribution in [0.3, 0.4) is 0 Å². The van der Waals surface area contributed by atoms with Crippen molar-refractivity contribution in [3.63, 3.8) is 0 Å². The Morgan fingerprint density at radius 2 is 1.75 bits per heavy atom. The van der Waals surface area contributed by atoms with E-state index in [4.69, 9.17) is 5.11 Å². The molecule has 2 aromatic carbocycles. The summed E-state index contributed by atoms with van der Waals surface area (Å²) in [7, 11) is 0. The number of carboxylic acids is 1. The van der Waals surface area contributed by atoms with Gasteiger partial charge in [0, 0.05) is 24.8 Å². The summed E-state index contributed by atoms with van der Waals surface area (Å²) in [4.78, 5) is 38.2. The maximum atomic E-state index is 13.2. The van der Waals surface area contributed by atoms with Crippen LogP contribution in [-0.2, 0) is 11.3 Å². The topological polar surface area (TPSA) is 112 Å². The molecule has 3 N–H and O–H groups in total. The average Bonchev–Trinajstić information content (AvgIpc) is 2.79. The molecule has 8 heteroatoms. The molecule has 0 spiro atoms. The Balaban J connectivity index is 2.15. The van der Waals surface area contributed by atoms with Crippen LogP contribution in [0.4, 0.5) is 16.2 Å². The first-order valence-corrected chi connectivity index (χ1v) is 10.2. The van der Waals surface area contributed by atoms with Crippen molar-refractivity contribution in [2.24, 2.45) is 0 Å². The minimum atomic E-state index is -1.06. The van der Waals surface area contributed by atoms with Crippen molar-refractivity contribution >= 4 is 23.4 Å². The Morgan fingerprint density at radius 3 is 2.41 bits per heavy atom. The summed E-state index contributed by atoms with van der Waals surface area (Å²) in [5.74, 6) is -1.37. The van der Waals surface area contributed by atoms with Crippen LogP contribution in [0.25, 0.3) is 11.1 Å². The second-order valence-corrected chi connectivity index (χ2v) is 7.23. The van der Waals surface area contributed by atoms with E-state index in [1.165, 1.54) is 10.8 Å². The van der Waals surface area contributed by atoms with E-state index in [2.05, 4.69) is 5.32 Å². The number of hydrogen-bond acceptors (Lipinski definition) is 4. The van der Waals surface area contributed by atoms with Crippen molar-refractivity contribution in [2.75, 3.05) is 11.4 Å². The number of carbonyl (C=O) groups excluding carboxylic acids is 1. The molecule has 32 heavy (non-hydrogen) atoms. The number of amides is 2. The minimum absolute atomic E-state index is 0.127. The van der Waals surface area contributed by atoms with E-state index in [0.29, 0.717) is 17.8 Å². The van der Waals surface area contributed by atoms with Gasteiger partial charge in [0.1, 0.15) is 5.75 Å². The van der Waals surface area contributed by atoms with Crippen LogP contribution in [0.15, 0.2) is 65.6 Å². The smallest absolute Gasteiger partial charge is 0.326 e. The number of nitrogens with one attached hydrogen (secondary N) is 1. The second kappa shape index (κ2) is 9.82. The number of pyridine rings is 1. The quantitative estimate of drug-likeness (QED) is 0.522. The number of anilines is 2. The largest absolute Gasteiger partial charge is 0.505 e. The lowest BCUT2D eigenvalue weighted by Gasteiger charge is -2.25. The standard InChI is InChI=1S/C24H25N3O5/c1-3-26-15-16(2)22(30)21(23(26)31)27(24(32)25-13-12-20(28)29)19-11-7-10-18(14-19)17-8-5-4-6-9-17/h4-11,14-15,30H,3,12-13H2,1-2H3,(H,25,32)(H,28,29). The molecule has 0 saturated heterocycles. The first-order valence-electron chi connectivity index (χ1n) is 10.2. The average molecular weight is 435 g/mol. The van der Waals surface area contributed by atoms with E-state index < -0.39 is 17.6 Å². The van der Waals surface area contributed by atoms with Gasteiger partial charge in [0.2, 0.25) is 0 Å². The molecule has 3 aromatic rings. The molecule has 1 heterocycles. The number of aliphatic carboxylic acids is 1. The van der Waals surface area contributed by atoms with Crippen LogP contribution in [-0.4, -0.2) is 33.3 Å². The van der Waals surface area contributed by atoms with Crippen LogP contribution in [0.2, 0.25) is 0 Å². The van der Waals surface area contributed by atoms with E-state index in [0.717, 1.165) is 16.0 Å². The van der Waals surface area contributed by atoms with E-state index in [-0.39, 0.29) is 24.4 Å². The van der Waals surface area contributed by atoms with Gasteiger partial charge in [-0.05, 0) is 37.1 Å². The van der Waals surface area contributed by atoms with Crippen molar-refractivity contribution in [1.29, 1.82) is 0 Å². The highest BCUT2D eigenvalue weighted by molar-refractivity contribution is 6.01. The molecule has 3 rings (SSSR count). The number of aromatic nitrogens is 1. The van der Waals surface area contributed by atoms with Crippen molar-refractivity contribution < 1.29 is 19.8 Å². The maximum absolute atomic E-state index is 13.2. The number of nitrogens with zero attached hydrogens (tertiary/aromatic N) is 2. The molecule has 0 unspecified atom stereocenters. The summed E-state index contributed by atoms with van der Waals surface area (Å²) < 4.78 is 1.41. The summed E-state index contributed by atoms with van der Waals surface area (Å²) in [6.45, 7) is 3.66. The van der Waals surface area contributed by atoms with Gasteiger partial charge in [-0.15, -0.1) is 0 Å². The summed E-state index contributed by atoms with van der Waals surface area (Å²) in [5, 5.41) is 22.2. The number of carboxylic acid groups (broad SMARTS) is 1. The number of urea groups is 1. The first-order chi connectivity index (χ1) is 15.3. The van der Waals surface area contributed by atoms with Gasteiger partial charge in [0.25, 0.3) is 5.56 Å². The van der Waals surface area contributed by atoms with Crippen molar-refractivity contribution in [2.45, 2.75) is 26.8 Å². The van der Waals surface area contributed by atoms with Gasteiger partial charge < -0.3 is 20.1 Å². The molecule has 0 aliphatic heterocycles. The maximum Gasteiger partial charge on any atom is 0.326 e. The van der Waals surface area contributed by atoms with Gasteiger partial charge in [-0.2, -0.15) is 0 Å². The molecular formula is C24H25N3O5. The number of carbonyl (C=O) groups is 2. The lowest BCUT2D eigenvalue weighted by atomic mass is 10.0. The van der Waals surface area contributed by atoms with Gasteiger partial charge in [0.05, 0.1) is 12.1 Å². The number of hydrogen-bond donors (Lipinski definition) is 3. The summed E-state index contributed by atoms with van der Waals surface area (Å²) in [5.41, 5.74) is 1.80. The zero-order chi connectivity index (χ0) is 23.3. The zero-order valence-electron chi connectivity index (χ0n) is 17.9. The minimum Gasteiger partial charge on any atom is -0.505 e. The Labute approximate surface area is 185 Å². The molecule has 0 saturated carbocycles. The Bertz CT molecular complexity index is 1190. The number of aromatic hydroxyl groups is 1. The highest BCUT2D eigenvalue weighted by Crippen LogP contribution is 2.34. The molecule has 0 aliphatic rings. The van der Waals surface area contributed by atoms with Gasteiger partial charge >= 0.3 is 12.0 Å². The fourth-order valence-electron chi connectivity index (χ4n) is 3.37. The highest BCUT2D eigenvalue weighted by Gasteiger charge is 2.26. The third kappa shape index (κ3) is 4.80. The summed E-state index contributed by atoms with van der Waals surface area (Å²) >= 11 is 0. The number of rotatable bonds is 7. The Hall–Kier alpha value is -4.07. The van der Waals surface area contributed by atoms with E-state index >= 15 is 0 Å². The highest BCUT2D eigenvalue weighted by atomic mass is 16.4. The molecular weight excluding hydrogens is 410 g/mol. The predicted molar refractivity (Wildman–Crippen MR) is 122 cm³/mol. The van der Waals surface area contributed by atoms with E-state index in [1.54, 1.807) is 32.0 Å². The van der Waals surface area contributed by atoms with Gasteiger partial charge in [-0.25, -0.2) is 4.79 Å². The van der Waals surface area contributed by atoms with Crippen LogP contribution in [0.5, 0.6) is 5.75 Å². The summed E-state index contributed by atoms with van der Waals surface area (Å²) in [6.07, 6.45) is 1.25. The van der Waals surface area contributed by atoms with Gasteiger partial charge in [-0.1, -0.05) is 42.5 Å². The molecule has 166 valence electrons. The fraction of sp³-hybridized carbons (Fsp3) is 0.208. The normalized spacial score (nSPS) is 10.6. The van der Waals surface area contributed by atoms with Gasteiger partial charge in [0.15, 0.2) is 5.69 Å². The second-order valence-electron chi connectivity index (χ2n) is 7.23. The number of aryl methyl sites for hydroxylation is 2. The molecule has 0 aliphatic carbocycles. The molecule has 0 bridgehead atoms.